The van der Waals surface area contributed by atoms with Crippen LogP contribution in [0.4, 0.5) is 0 Å². The van der Waals surface area contributed by atoms with Gasteiger partial charge in [-0.2, -0.15) is 0 Å². The molecule has 1 aromatic heterocycles. The maximum absolute atomic E-state index is 12.1. The first kappa shape index (κ1) is 11.1. The lowest BCUT2D eigenvalue weighted by molar-refractivity contribution is 0.0708. The Hall–Kier alpha value is -1.42. The number of nitrogens with two attached hydrogens (primary N) is 1. The molecule has 1 aromatic rings. The van der Waals surface area contributed by atoms with Gasteiger partial charge in [0.1, 0.15) is 0 Å². The highest BCUT2D eigenvalue weighted by Gasteiger charge is 2.22. The second-order valence-corrected chi connectivity index (χ2v) is 4.34. The molecule has 1 amide bonds. The number of aryl methyl sites for hydroxylation is 1. The second kappa shape index (κ2) is 4.61. The molecule has 1 fully saturated rings. The fourth-order valence-corrected chi connectivity index (χ4v) is 1.97. The number of piperidine rings is 1. The van der Waals surface area contributed by atoms with Gasteiger partial charge >= 0.3 is 0 Å². The molecule has 0 aliphatic carbocycles. The normalized spacial score (nSPS) is 20.9. The molecule has 86 valence electrons. The summed E-state index contributed by atoms with van der Waals surface area (Å²) in [6.45, 7) is 3.37. The molecule has 0 radical (unpaired) electrons. The maximum atomic E-state index is 12.1. The quantitative estimate of drug-likeness (QED) is 0.765. The lowest BCUT2D eigenvalue weighted by atomic mass is 10.1. The van der Waals surface area contributed by atoms with E-state index >= 15 is 0 Å². The fourth-order valence-electron chi connectivity index (χ4n) is 1.97. The summed E-state index contributed by atoms with van der Waals surface area (Å²) >= 11 is 0. The summed E-state index contributed by atoms with van der Waals surface area (Å²) in [5, 5.41) is 0. The molecule has 2 N–H and O–H groups in total. The Labute approximate surface area is 95.5 Å². The predicted octanol–water partition coefficient (Wildman–Crippen LogP) is 0.953. The number of aromatic nitrogens is 1. The average Bonchev–Trinajstić information content (AvgIpc) is 2.29. The number of rotatable bonds is 1. The Bertz CT molecular complexity index is 374. The van der Waals surface area contributed by atoms with Crippen LogP contribution in [0.25, 0.3) is 0 Å². The Kier molecular flexibility index (Phi) is 3.19. The van der Waals surface area contributed by atoms with E-state index in [2.05, 4.69) is 4.98 Å². The number of carbonyl (C=O) groups excluding carboxylic acids is 1. The lowest BCUT2D eigenvalue weighted by Crippen LogP contribution is -2.45. The number of hydrogen-bond acceptors (Lipinski definition) is 3. The van der Waals surface area contributed by atoms with Gasteiger partial charge in [-0.25, -0.2) is 0 Å². The van der Waals surface area contributed by atoms with Gasteiger partial charge in [0.05, 0.1) is 5.56 Å². The van der Waals surface area contributed by atoms with Crippen LogP contribution in [0, 0.1) is 6.92 Å². The smallest absolute Gasteiger partial charge is 0.255 e. The van der Waals surface area contributed by atoms with Crippen molar-refractivity contribution in [2.45, 2.75) is 25.8 Å². The lowest BCUT2D eigenvalue weighted by Gasteiger charge is -2.30. The molecule has 1 atom stereocenters. The average molecular weight is 219 g/mol. The van der Waals surface area contributed by atoms with Gasteiger partial charge in [-0.05, 0) is 31.9 Å². The maximum Gasteiger partial charge on any atom is 0.255 e. The highest BCUT2D eigenvalue weighted by Crippen LogP contribution is 2.12. The Morgan fingerprint density at radius 2 is 2.38 bits per heavy atom. The van der Waals surface area contributed by atoms with Crippen molar-refractivity contribution in [3.63, 3.8) is 0 Å². The van der Waals surface area contributed by atoms with Crippen LogP contribution in [0.15, 0.2) is 18.3 Å². The van der Waals surface area contributed by atoms with Gasteiger partial charge in [0, 0.05) is 31.0 Å². The third-order valence-electron chi connectivity index (χ3n) is 2.90. The zero-order valence-electron chi connectivity index (χ0n) is 9.52. The molecule has 0 spiro atoms. The van der Waals surface area contributed by atoms with E-state index in [1.807, 2.05) is 24.0 Å². The van der Waals surface area contributed by atoms with E-state index in [1.54, 1.807) is 6.20 Å². The molecule has 0 aromatic carbocycles. The van der Waals surface area contributed by atoms with E-state index in [-0.39, 0.29) is 11.9 Å². The monoisotopic (exact) mass is 219 g/mol. The number of nitrogens with zero attached hydrogens (tertiary/aromatic N) is 2. The van der Waals surface area contributed by atoms with Crippen molar-refractivity contribution in [1.29, 1.82) is 0 Å². The summed E-state index contributed by atoms with van der Waals surface area (Å²) in [7, 11) is 0. The van der Waals surface area contributed by atoms with Crippen molar-refractivity contribution in [2.75, 3.05) is 13.1 Å². The Balaban J connectivity index is 2.09. The molecule has 1 aliphatic heterocycles. The predicted molar refractivity (Wildman–Crippen MR) is 62.1 cm³/mol. The highest BCUT2D eigenvalue weighted by molar-refractivity contribution is 5.94. The van der Waals surface area contributed by atoms with E-state index < -0.39 is 0 Å². The molecule has 0 unspecified atom stereocenters. The Morgan fingerprint density at radius 1 is 1.56 bits per heavy atom. The largest absolute Gasteiger partial charge is 0.337 e. The summed E-state index contributed by atoms with van der Waals surface area (Å²) in [5.41, 5.74) is 7.43. The molecular formula is C12H17N3O. The van der Waals surface area contributed by atoms with Gasteiger partial charge in [0.25, 0.3) is 5.91 Å². The third-order valence-corrected chi connectivity index (χ3v) is 2.90. The number of carbonyl (C=O) groups is 1. The van der Waals surface area contributed by atoms with Gasteiger partial charge in [-0.3, -0.25) is 9.78 Å². The SMILES string of the molecule is Cc1ccc(C(=O)N2CCC[C@@H](N)C2)cn1. The van der Waals surface area contributed by atoms with Gasteiger partial charge < -0.3 is 10.6 Å². The molecular weight excluding hydrogens is 202 g/mol. The molecule has 1 saturated heterocycles. The van der Waals surface area contributed by atoms with Gasteiger partial charge in [-0.15, -0.1) is 0 Å². The highest BCUT2D eigenvalue weighted by atomic mass is 16.2. The van der Waals surface area contributed by atoms with Crippen LogP contribution in [-0.4, -0.2) is 34.9 Å². The van der Waals surface area contributed by atoms with Crippen LogP contribution in [-0.2, 0) is 0 Å². The van der Waals surface area contributed by atoms with E-state index in [1.165, 1.54) is 0 Å². The zero-order valence-corrected chi connectivity index (χ0v) is 9.52. The fraction of sp³-hybridized carbons (Fsp3) is 0.500. The molecule has 4 nitrogen and oxygen atoms in total. The Morgan fingerprint density at radius 3 is 3.00 bits per heavy atom. The van der Waals surface area contributed by atoms with Gasteiger partial charge in [0.2, 0.25) is 0 Å². The molecule has 0 bridgehead atoms. The van der Waals surface area contributed by atoms with Crippen LogP contribution in [0.1, 0.15) is 28.9 Å². The second-order valence-electron chi connectivity index (χ2n) is 4.34. The first-order valence-corrected chi connectivity index (χ1v) is 5.64. The van der Waals surface area contributed by atoms with Crippen molar-refractivity contribution >= 4 is 5.91 Å². The molecule has 2 rings (SSSR count). The standard InChI is InChI=1S/C12H17N3O/c1-9-4-5-10(7-14-9)12(16)15-6-2-3-11(13)8-15/h4-5,7,11H,2-3,6,8,13H2,1H3/t11-/m1/s1. The first-order valence-electron chi connectivity index (χ1n) is 5.64. The number of likely N-dealkylation sites (tertiary alicyclic amines) is 1. The van der Waals surface area contributed by atoms with Crippen molar-refractivity contribution in [3.05, 3.63) is 29.6 Å². The minimum atomic E-state index is 0.0441. The minimum Gasteiger partial charge on any atom is -0.337 e. The molecule has 16 heavy (non-hydrogen) atoms. The molecule has 0 saturated carbocycles. The van der Waals surface area contributed by atoms with Crippen molar-refractivity contribution in [2.24, 2.45) is 5.73 Å². The van der Waals surface area contributed by atoms with Crippen LogP contribution in [0.3, 0.4) is 0 Å². The molecule has 1 aliphatic rings. The van der Waals surface area contributed by atoms with Crippen molar-refractivity contribution in [1.82, 2.24) is 9.88 Å². The summed E-state index contributed by atoms with van der Waals surface area (Å²) in [5.74, 6) is 0.0441. The van der Waals surface area contributed by atoms with E-state index in [0.29, 0.717) is 12.1 Å². The number of amides is 1. The summed E-state index contributed by atoms with van der Waals surface area (Å²) in [6.07, 6.45) is 3.64. The number of hydrogen-bond donors (Lipinski definition) is 1. The van der Waals surface area contributed by atoms with Gasteiger partial charge in [0.15, 0.2) is 0 Å². The first-order chi connectivity index (χ1) is 7.66. The van der Waals surface area contributed by atoms with Crippen LogP contribution in [0.2, 0.25) is 0 Å². The summed E-state index contributed by atoms with van der Waals surface area (Å²) < 4.78 is 0. The van der Waals surface area contributed by atoms with E-state index in [9.17, 15) is 4.79 Å². The van der Waals surface area contributed by atoms with E-state index in [4.69, 9.17) is 5.73 Å². The van der Waals surface area contributed by atoms with Crippen LogP contribution in [0.5, 0.6) is 0 Å². The number of pyridine rings is 1. The third kappa shape index (κ3) is 2.39. The van der Waals surface area contributed by atoms with Gasteiger partial charge in [-0.1, -0.05) is 0 Å². The van der Waals surface area contributed by atoms with Crippen molar-refractivity contribution < 1.29 is 4.79 Å². The topological polar surface area (TPSA) is 59.2 Å². The van der Waals surface area contributed by atoms with Crippen molar-refractivity contribution in [3.8, 4) is 0 Å². The molecule has 4 heteroatoms. The minimum absolute atomic E-state index is 0.0441. The summed E-state index contributed by atoms with van der Waals surface area (Å²) in [4.78, 5) is 18.0. The zero-order chi connectivity index (χ0) is 11.5. The molecule has 2 heterocycles. The van der Waals surface area contributed by atoms with E-state index in [0.717, 1.165) is 25.1 Å². The van der Waals surface area contributed by atoms with Crippen LogP contribution < -0.4 is 5.73 Å². The summed E-state index contributed by atoms with van der Waals surface area (Å²) in [6, 6.07) is 3.80. The van der Waals surface area contributed by atoms with Crippen LogP contribution >= 0.6 is 0 Å².